The summed E-state index contributed by atoms with van der Waals surface area (Å²) >= 11 is 0. The van der Waals surface area contributed by atoms with Gasteiger partial charge in [0.2, 0.25) is 11.8 Å². The zero-order valence-corrected chi connectivity index (χ0v) is 20.5. The van der Waals surface area contributed by atoms with Gasteiger partial charge in [-0.3, -0.25) is 24.0 Å². The van der Waals surface area contributed by atoms with E-state index >= 15 is 0 Å². The summed E-state index contributed by atoms with van der Waals surface area (Å²) < 4.78 is 8.55. The first-order valence-corrected chi connectivity index (χ1v) is 11.7. The van der Waals surface area contributed by atoms with Crippen LogP contribution in [0.15, 0.2) is 23.0 Å². The summed E-state index contributed by atoms with van der Waals surface area (Å²) in [5.41, 5.74) is 1.49. The highest BCUT2D eigenvalue weighted by atomic mass is 16.6. The number of imide groups is 1. The van der Waals surface area contributed by atoms with Gasteiger partial charge in [0, 0.05) is 39.3 Å². The second-order valence-corrected chi connectivity index (χ2v) is 10.2. The van der Waals surface area contributed by atoms with Gasteiger partial charge >= 0.3 is 11.8 Å². The van der Waals surface area contributed by atoms with E-state index in [4.69, 9.17) is 4.74 Å². The molecule has 3 heterocycles. The van der Waals surface area contributed by atoms with Gasteiger partial charge in [-0.25, -0.2) is 9.59 Å². The van der Waals surface area contributed by atoms with E-state index in [0.29, 0.717) is 18.5 Å². The van der Waals surface area contributed by atoms with Crippen LogP contribution in [0.3, 0.4) is 0 Å². The smallest absolute Gasteiger partial charge is 0.410 e. The van der Waals surface area contributed by atoms with Crippen molar-refractivity contribution in [2.45, 2.75) is 64.1 Å². The highest BCUT2D eigenvalue weighted by Gasteiger charge is 2.32. The Kier molecular flexibility index (Phi) is 6.18. The number of rotatable bonds is 3. The number of amides is 3. The van der Waals surface area contributed by atoms with E-state index in [0.717, 1.165) is 30.6 Å². The van der Waals surface area contributed by atoms with Crippen LogP contribution in [0.5, 0.6) is 0 Å². The predicted molar refractivity (Wildman–Crippen MR) is 128 cm³/mol. The Morgan fingerprint density at radius 2 is 1.88 bits per heavy atom. The highest BCUT2D eigenvalue weighted by molar-refractivity contribution is 6.00. The molecule has 2 saturated heterocycles. The van der Waals surface area contributed by atoms with Gasteiger partial charge in [-0.2, -0.15) is 0 Å². The number of nitrogens with one attached hydrogen (secondary N) is 1. The van der Waals surface area contributed by atoms with Crippen LogP contribution in [0.2, 0.25) is 0 Å². The molecule has 2 aliphatic heterocycles. The van der Waals surface area contributed by atoms with E-state index in [1.54, 1.807) is 19.0 Å². The van der Waals surface area contributed by atoms with Gasteiger partial charge in [-0.05, 0) is 58.2 Å². The van der Waals surface area contributed by atoms with Crippen molar-refractivity contribution < 1.29 is 19.1 Å². The van der Waals surface area contributed by atoms with Crippen LogP contribution in [0.4, 0.5) is 10.5 Å². The Bertz CT molecular complexity index is 1190. The van der Waals surface area contributed by atoms with Crippen LogP contribution < -0.4 is 15.9 Å². The van der Waals surface area contributed by atoms with E-state index in [1.165, 1.54) is 9.13 Å². The number of hydrogen-bond acceptors (Lipinski definition) is 6. The van der Waals surface area contributed by atoms with Gasteiger partial charge in [0.05, 0.1) is 17.1 Å². The number of likely N-dealkylation sites (N-methyl/N-ethyl adjacent to an activating group) is 1. The first-order chi connectivity index (χ1) is 16.0. The van der Waals surface area contributed by atoms with Crippen LogP contribution in [0.1, 0.15) is 52.5 Å². The van der Waals surface area contributed by atoms with Crippen molar-refractivity contribution in [3.63, 3.8) is 0 Å². The number of piperidine rings is 2. The molecule has 0 saturated carbocycles. The Hall–Kier alpha value is -3.30. The first-order valence-electron chi connectivity index (χ1n) is 11.7. The molecular weight excluding hydrogens is 438 g/mol. The zero-order valence-electron chi connectivity index (χ0n) is 20.5. The minimum Gasteiger partial charge on any atom is -0.444 e. The molecule has 0 bridgehead atoms. The third-order valence-corrected chi connectivity index (χ3v) is 6.59. The van der Waals surface area contributed by atoms with Crippen molar-refractivity contribution in [1.29, 1.82) is 0 Å². The fourth-order valence-corrected chi connectivity index (χ4v) is 4.77. The van der Waals surface area contributed by atoms with Gasteiger partial charge < -0.3 is 14.5 Å². The minimum atomic E-state index is -0.707. The van der Waals surface area contributed by atoms with E-state index in [-0.39, 0.29) is 30.2 Å². The van der Waals surface area contributed by atoms with Crippen LogP contribution in [-0.2, 0) is 21.4 Å². The Balaban J connectivity index is 1.59. The topological polar surface area (TPSA) is 106 Å². The molecule has 0 radical (unpaired) electrons. The average molecular weight is 472 g/mol. The molecule has 10 nitrogen and oxygen atoms in total. The lowest BCUT2D eigenvalue weighted by Gasteiger charge is -2.39. The SMILES string of the molecule is CN(C(=O)OC(C)(C)C)C1CCCN(c2ccc3c(c2)n(C)c(=O)n3C2CCC(=O)NC2=O)C1. The summed E-state index contributed by atoms with van der Waals surface area (Å²) in [6.45, 7) is 7.06. The van der Waals surface area contributed by atoms with Crippen LogP contribution in [-0.4, -0.2) is 63.7 Å². The lowest BCUT2D eigenvalue weighted by molar-refractivity contribution is -0.135. The molecule has 34 heavy (non-hydrogen) atoms. The van der Waals surface area contributed by atoms with Crippen molar-refractivity contribution in [3.8, 4) is 0 Å². The molecule has 3 amide bonds. The van der Waals surface area contributed by atoms with Crippen molar-refractivity contribution in [2.24, 2.45) is 7.05 Å². The molecule has 2 aromatic rings. The largest absolute Gasteiger partial charge is 0.444 e. The molecule has 1 N–H and O–H groups in total. The van der Waals surface area contributed by atoms with Gasteiger partial charge in [-0.15, -0.1) is 0 Å². The highest BCUT2D eigenvalue weighted by Crippen LogP contribution is 2.29. The number of ether oxygens (including phenoxy) is 1. The van der Waals surface area contributed by atoms with E-state index in [2.05, 4.69) is 10.2 Å². The van der Waals surface area contributed by atoms with Gasteiger partial charge in [0.1, 0.15) is 11.6 Å². The third kappa shape index (κ3) is 4.53. The molecule has 2 aliphatic rings. The average Bonchev–Trinajstić information content (AvgIpc) is 3.02. The maximum absolute atomic E-state index is 13.0. The Labute approximate surface area is 198 Å². The molecular formula is C24H33N5O5. The molecule has 2 atom stereocenters. The van der Waals surface area contributed by atoms with Crippen molar-refractivity contribution in [1.82, 2.24) is 19.4 Å². The molecule has 1 aromatic heterocycles. The van der Waals surface area contributed by atoms with Crippen LogP contribution >= 0.6 is 0 Å². The Morgan fingerprint density at radius 3 is 2.56 bits per heavy atom. The van der Waals surface area contributed by atoms with Gasteiger partial charge in [-0.1, -0.05) is 0 Å². The number of anilines is 1. The standard InChI is InChI=1S/C24H33N5O5/c1-24(2,3)34-23(33)26(4)16-7-6-12-28(14-16)15-8-9-17-19(13-15)27(5)22(32)29(17)18-10-11-20(30)25-21(18)31/h8-9,13,16,18H,6-7,10-12,14H2,1-5H3,(H,25,30,31). The third-order valence-electron chi connectivity index (χ3n) is 6.59. The summed E-state index contributed by atoms with van der Waals surface area (Å²) in [4.78, 5) is 53.4. The number of benzene rings is 1. The minimum absolute atomic E-state index is 0.0104. The molecule has 184 valence electrons. The molecule has 1 aromatic carbocycles. The van der Waals surface area contributed by atoms with Crippen LogP contribution in [0, 0.1) is 0 Å². The van der Waals surface area contributed by atoms with E-state index in [1.807, 2.05) is 39.0 Å². The van der Waals surface area contributed by atoms with Gasteiger partial charge in [0.25, 0.3) is 0 Å². The lowest BCUT2D eigenvalue weighted by Crippen LogP contribution is -2.49. The molecule has 2 fully saturated rings. The summed E-state index contributed by atoms with van der Waals surface area (Å²) in [5, 5.41) is 2.33. The predicted octanol–water partition coefficient (Wildman–Crippen LogP) is 2.15. The number of hydrogen-bond donors (Lipinski definition) is 1. The molecule has 0 spiro atoms. The first kappa shape index (κ1) is 23.8. The maximum atomic E-state index is 13.0. The second-order valence-electron chi connectivity index (χ2n) is 10.2. The zero-order chi connectivity index (χ0) is 24.8. The number of carbonyl (C=O) groups excluding carboxylic acids is 3. The summed E-state index contributed by atoms with van der Waals surface area (Å²) in [5.74, 6) is -0.758. The maximum Gasteiger partial charge on any atom is 0.410 e. The fourth-order valence-electron chi connectivity index (χ4n) is 4.77. The molecule has 0 aliphatic carbocycles. The quantitative estimate of drug-likeness (QED) is 0.688. The normalized spacial score (nSPS) is 21.5. The number of fused-ring (bicyclic) bond motifs is 1. The number of nitrogens with zero attached hydrogens (tertiary/aromatic N) is 4. The van der Waals surface area contributed by atoms with Gasteiger partial charge in [0.15, 0.2) is 0 Å². The number of imidazole rings is 1. The number of carbonyl (C=O) groups is 3. The van der Waals surface area contributed by atoms with Crippen molar-refractivity contribution >= 4 is 34.6 Å². The number of aryl methyl sites for hydroxylation is 1. The molecule has 10 heteroatoms. The van der Waals surface area contributed by atoms with Crippen molar-refractivity contribution in [3.05, 3.63) is 28.7 Å². The van der Waals surface area contributed by atoms with Crippen LogP contribution in [0.25, 0.3) is 11.0 Å². The lowest BCUT2D eigenvalue weighted by atomic mass is 10.0. The summed E-state index contributed by atoms with van der Waals surface area (Å²) in [6.07, 6.45) is 1.98. The van der Waals surface area contributed by atoms with E-state index < -0.39 is 17.6 Å². The Morgan fingerprint density at radius 1 is 1.15 bits per heavy atom. The monoisotopic (exact) mass is 471 g/mol. The summed E-state index contributed by atoms with van der Waals surface area (Å²) in [6, 6.07) is 5.06. The fraction of sp³-hybridized carbons (Fsp3) is 0.583. The summed E-state index contributed by atoms with van der Waals surface area (Å²) in [7, 11) is 3.46. The number of aromatic nitrogens is 2. The van der Waals surface area contributed by atoms with E-state index in [9.17, 15) is 19.2 Å². The molecule has 2 unspecified atom stereocenters. The second kappa shape index (κ2) is 8.81. The van der Waals surface area contributed by atoms with Crippen molar-refractivity contribution in [2.75, 3.05) is 25.0 Å². The molecule has 4 rings (SSSR count).